The van der Waals surface area contributed by atoms with Gasteiger partial charge in [-0.3, -0.25) is 4.79 Å². The van der Waals surface area contributed by atoms with E-state index < -0.39 is 0 Å². The number of carbonyl (C=O) groups excluding carboxylic acids is 1. The van der Waals surface area contributed by atoms with Gasteiger partial charge in [-0.2, -0.15) is 0 Å². The van der Waals surface area contributed by atoms with Gasteiger partial charge in [-0.15, -0.1) is 10.2 Å². The quantitative estimate of drug-likeness (QED) is 0.539. The van der Waals surface area contributed by atoms with Gasteiger partial charge in [0, 0.05) is 58.0 Å². The second-order valence-corrected chi connectivity index (χ2v) is 8.91. The molecule has 1 amide bonds. The van der Waals surface area contributed by atoms with Crippen LogP contribution in [0.15, 0.2) is 48.7 Å². The molecule has 1 aliphatic rings. The van der Waals surface area contributed by atoms with Crippen molar-refractivity contribution in [3.63, 3.8) is 0 Å². The molecule has 3 N–H and O–H groups in total. The number of amides is 1. The number of benzene rings is 1. The standard InChI is InChI=1S/C26H32N8O2/c1-18-11-14-33(22-17-21(30-31-26(22)27)20-7-4-5-8-23(20)36)15-16-34(18)25-10-12-28-24(29-25)9-6-13-32(3)19(2)35/h4-10,12,17-18,36H,11,13-16H2,1-3H3,(H2,27,31)/b9-6+. The third-order valence-electron chi connectivity index (χ3n) is 6.42. The molecule has 1 atom stereocenters. The summed E-state index contributed by atoms with van der Waals surface area (Å²) in [7, 11) is 1.76. The number of phenolic OH excluding ortho intramolecular Hbond substituents is 1. The summed E-state index contributed by atoms with van der Waals surface area (Å²) in [5, 5.41) is 18.6. The van der Waals surface area contributed by atoms with E-state index in [4.69, 9.17) is 10.7 Å². The van der Waals surface area contributed by atoms with Crippen molar-refractivity contribution in [1.82, 2.24) is 25.1 Å². The van der Waals surface area contributed by atoms with Crippen molar-refractivity contribution in [2.45, 2.75) is 26.3 Å². The SMILES string of the molecule is CC(=O)N(C)C/C=C/c1nccc(N2CCN(c3cc(-c4ccccc4O)nnc3N)CCC2C)n1. The summed E-state index contributed by atoms with van der Waals surface area (Å²) >= 11 is 0. The monoisotopic (exact) mass is 488 g/mol. The van der Waals surface area contributed by atoms with E-state index in [2.05, 4.69) is 31.9 Å². The lowest BCUT2D eigenvalue weighted by molar-refractivity contribution is -0.127. The summed E-state index contributed by atoms with van der Waals surface area (Å²) in [5.74, 6) is 1.98. The van der Waals surface area contributed by atoms with E-state index in [9.17, 15) is 9.90 Å². The van der Waals surface area contributed by atoms with Crippen molar-refractivity contribution in [3.8, 4) is 17.0 Å². The minimum atomic E-state index is 0.00925. The molecular weight excluding hydrogens is 456 g/mol. The van der Waals surface area contributed by atoms with Crippen molar-refractivity contribution >= 4 is 29.3 Å². The molecule has 36 heavy (non-hydrogen) atoms. The van der Waals surface area contributed by atoms with Crippen LogP contribution in [0, 0.1) is 0 Å². The van der Waals surface area contributed by atoms with Crippen LogP contribution in [0.25, 0.3) is 17.3 Å². The first-order valence-corrected chi connectivity index (χ1v) is 12.0. The molecule has 1 saturated heterocycles. The number of hydrogen-bond acceptors (Lipinski definition) is 9. The molecule has 4 rings (SSSR count). The highest BCUT2D eigenvalue weighted by Crippen LogP contribution is 2.32. The number of hydrogen-bond donors (Lipinski definition) is 2. The highest BCUT2D eigenvalue weighted by atomic mass is 16.3. The highest BCUT2D eigenvalue weighted by Gasteiger charge is 2.24. The third-order valence-corrected chi connectivity index (χ3v) is 6.42. The second kappa shape index (κ2) is 11.0. The fourth-order valence-electron chi connectivity index (χ4n) is 4.16. The van der Waals surface area contributed by atoms with E-state index in [1.807, 2.05) is 36.4 Å². The summed E-state index contributed by atoms with van der Waals surface area (Å²) in [6, 6.07) is 11.1. The van der Waals surface area contributed by atoms with Crippen LogP contribution in [-0.4, -0.2) is 75.3 Å². The Hall–Kier alpha value is -4.21. The molecule has 0 aliphatic carbocycles. The zero-order valence-corrected chi connectivity index (χ0v) is 20.9. The van der Waals surface area contributed by atoms with E-state index in [0.29, 0.717) is 29.4 Å². The zero-order chi connectivity index (χ0) is 25.7. The third kappa shape index (κ3) is 5.70. The Bertz CT molecular complexity index is 1250. The van der Waals surface area contributed by atoms with Crippen LogP contribution in [0.3, 0.4) is 0 Å². The Morgan fingerprint density at radius 3 is 2.81 bits per heavy atom. The fourth-order valence-corrected chi connectivity index (χ4v) is 4.16. The zero-order valence-electron chi connectivity index (χ0n) is 20.9. The first-order valence-electron chi connectivity index (χ1n) is 12.0. The smallest absolute Gasteiger partial charge is 0.219 e. The van der Waals surface area contributed by atoms with Gasteiger partial charge >= 0.3 is 0 Å². The van der Waals surface area contributed by atoms with E-state index in [1.165, 1.54) is 6.92 Å². The Kier molecular flexibility index (Phi) is 7.62. The number of para-hydroxylation sites is 1. The van der Waals surface area contributed by atoms with Crippen molar-refractivity contribution in [3.05, 3.63) is 54.5 Å². The number of aromatic hydroxyl groups is 1. The van der Waals surface area contributed by atoms with Crippen LogP contribution < -0.4 is 15.5 Å². The van der Waals surface area contributed by atoms with Gasteiger partial charge in [0.15, 0.2) is 11.6 Å². The summed E-state index contributed by atoms with van der Waals surface area (Å²) in [6.07, 6.45) is 6.37. The summed E-state index contributed by atoms with van der Waals surface area (Å²) in [5.41, 5.74) is 8.23. The number of nitrogens with zero attached hydrogens (tertiary/aromatic N) is 7. The van der Waals surface area contributed by atoms with Crippen molar-refractivity contribution in [1.29, 1.82) is 0 Å². The molecule has 1 aromatic carbocycles. The number of carbonyl (C=O) groups is 1. The molecule has 1 aliphatic heterocycles. The normalized spacial score (nSPS) is 16.2. The Morgan fingerprint density at radius 1 is 1.22 bits per heavy atom. The minimum Gasteiger partial charge on any atom is -0.507 e. The average Bonchev–Trinajstić information content (AvgIpc) is 3.06. The molecular formula is C26H32N8O2. The summed E-state index contributed by atoms with van der Waals surface area (Å²) < 4.78 is 0. The largest absolute Gasteiger partial charge is 0.507 e. The number of rotatable bonds is 6. The summed E-state index contributed by atoms with van der Waals surface area (Å²) in [6.45, 7) is 6.48. The predicted octanol–water partition coefficient (Wildman–Crippen LogP) is 2.82. The Labute approximate surface area is 211 Å². The topological polar surface area (TPSA) is 125 Å². The molecule has 0 saturated carbocycles. The van der Waals surface area contributed by atoms with Crippen molar-refractivity contribution in [2.24, 2.45) is 0 Å². The van der Waals surface area contributed by atoms with E-state index >= 15 is 0 Å². The first-order chi connectivity index (χ1) is 17.3. The molecule has 0 spiro atoms. The Balaban J connectivity index is 1.51. The van der Waals surface area contributed by atoms with Gasteiger partial charge in [-0.05, 0) is 43.7 Å². The van der Waals surface area contributed by atoms with Gasteiger partial charge in [-0.25, -0.2) is 9.97 Å². The molecule has 10 heteroatoms. The molecule has 0 bridgehead atoms. The number of nitrogen functional groups attached to an aromatic ring is 1. The predicted molar refractivity (Wildman–Crippen MR) is 142 cm³/mol. The number of nitrogens with two attached hydrogens (primary N) is 1. The number of phenols is 1. The van der Waals surface area contributed by atoms with Crippen LogP contribution in [0.2, 0.25) is 0 Å². The van der Waals surface area contributed by atoms with Crippen LogP contribution >= 0.6 is 0 Å². The molecule has 2 aromatic heterocycles. The van der Waals surface area contributed by atoms with Crippen LogP contribution in [0.4, 0.5) is 17.3 Å². The van der Waals surface area contributed by atoms with E-state index in [-0.39, 0.29) is 17.7 Å². The highest BCUT2D eigenvalue weighted by molar-refractivity contribution is 5.74. The fraction of sp³-hybridized carbons (Fsp3) is 0.346. The number of aromatic nitrogens is 4. The average molecular weight is 489 g/mol. The van der Waals surface area contributed by atoms with Gasteiger partial charge in [0.1, 0.15) is 11.6 Å². The lowest BCUT2D eigenvalue weighted by atomic mass is 10.1. The van der Waals surface area contributed by atoms with E-state index in [1.54, 1.807) is 30.3 Å². The maximum absolute atomic E-state index is 11.4. The van der Waals surface area contributed by atoms with Gasteiger partial charge in [-0.1, -0.05) is 18.2 Å². The molecule has 188 valence electrons. The van der Waals surface area contributed by atoms with E-state index in [0.717, 1.165) is 37.6 Å². The first kappa shape index (κ1) is 24.9. The molecule has 1 unspecified atom stereocenters. The minimum absolute atomic E-state index is 0.00925. The second-order valence-electron chi connectivity index (χ2n) is 8.91. The number of likely N-dealkylation sites (N-methyl/N-ethyl adjacent to an activating group) is 1. The van der Waals surface area contributed by atoms with Gasteiger partial charge < -0.3 is 25.5 Å². The molecule has 3 heterocycles. The molecule has 1 fully saturated rings. The summed E-state index contributed by atoms with van der Waals surface area (Å²) in [4.78, 5) is 26.6. The molecule has 10 nitrogen and oxygen atoms in total. The van der Waals surface area contributed by atoms with Gasteiger partial charge in [0.25, 0.3) is 0 Å². The van der Waals surface area contributed by atoms with Crippen molar-refractivity contribution in [2.75, 3.05) is 48.8 Å². The van der Waals surface area contributed by atoms with Gasteiger partial charge in [0.05, 0.1) is 11.4 Å². The van der Waals surface area contributed by atoms with Gasteiger partial charge in [0.2, 0.25) is 5.91 Å². The maximum Gasteiger partial charge on any atom is 0.219 e. The molecule has 0 radical (unpaired) electrons. The van der Waals surface area contributed by atoms with Crippen LogP contribution in [0.1, 0.15) is 26.1 Å². The lowest BCUT2D eigenvalue weighted by Gasteiger charge is -2.28. The number of anilines is 3. The Morgan fingerprint density at radius 2 is 2.03 bits per heavy atom. The van der Waals surface area contributed by atoms with Crippen LogP contribution in [-0.2, 0) is 4.79 Å². The lowest BCUT2D eigenvalue weighted by Crippen LogP contribution is -2.35. The van der Waals surface area contributed by atoms with Crippen molar-refractivity contribution < 1.29 is 9.90 Å². The van der Waals surface area contributed by atoms with Crippen LogP contribution in [0.5, 0.6) is 5.75 Å². The molecule has 3 aromatic rings. The maximum atomic E-state index is 11.4.